The molecule has 242 valence electrons. The maximum atomic E-state index is 14.4. The number of aliphatic hydroxyl groups excluding tert-OH is 1. The van der Waals surface area contributed by atoms with Gasteiger partial charge in [0.2, 0.25) is 0 Å². The van der Waals surface area contributed by atoms with Crippen LogP contribution in [0.1, 0.15) is 105 Å². The number of hydrogen-bond donors (Lipinski definition) is 4. The molecule has 6 N–H and O–H groups in total. The van der Waals surface area contributed by atoms with Gasteiger partial charge in [-0.1, -0.05) is 65.3 Å². The lowest BCUT2D eigenvalue weighted by Gasteiger charge is -2.74. The van der Waals surface area contributed by atoms with Crippen molar-refractivity contribution in [3.8, 4) is 0 Å². The molecule has 5 aliphatic rings. The topological polar surface area (TPSA) is 118 Å². The summed E-state index contributed by atoms with van der Waals surface area (Å²) >= 11 is 6.06. The van der Waals surface area contributed by atoms with Crippen molar-refractivity contribution >= 4 is 23.2 Å². The first-order valence-electron chi connectivity index (χ1n) is 17.0. The van der Waals surface area contributed by atoms with Gasteiger partial charge in [-0.05, 0) is 114 Å². The molecule has 1 aromatic carbocycles. The summed E-state index contributed by atoms with van der Waals surface area (Å²) in [6.45, 7) is 14.1. The molecule has 8 atom stereocenters. The number of aliphatic hydroxyl groups is 1. The van der Waals surface area contributed by atoms with E-state index >= 15 is 0 Å². The minimum absolute atomic E-state index is 0.000345. The largest absolute Gasteiger partial charge is 0.393 e. The smallest absolute Gasteiger partial charge is 0.160 e. The van der Waals surface area contributed by atoms with Crippen molar-refractivity contribution in [3.63, 3.8) is 0 Å². The summed E-state index contributed by atoms with van der Waals surface area (Å²) in [7, 11) is 0. The summed E-state index contributed by atoms with van der Waals surface area (Å²) in [6.07, 6.45) is 6.45. The van der Waals surface area contributed by atoms with Gasteiger partial charge in [0.05, 0.1) is 18.1 Å². The van der Waals surface area contributed by atoms with Gasteiger partial charge < -0.3 is 21.9 Å². The molecule has 44 heavy (non-hydrogen) atoms. The van der Waals surface area contributed by atoms with Crippen molar-refractivity contribution in [2.45, 2.75) is 123 Å². The van der Waals surface area contributed by atoms with Crippen LogP contribution in [-0.2, 0) is 16.1 Å². The Kier molecular flexibility index (Phi) is 7.70. The fourth-order valence-electron chi connectivity index (χ4n) is 11.9. The van der Waals surface area contributed by atoms with E-state index in [0.29, 0.717) is 30.3 Å². The maximum absolute atomic E-state index is 14.4. The zero-order valence-corrected chi connectivity index (χ0v) is 28.4. The van der Waals surface area contributed by atoms with Crippen LogP contribution in [0.4, 0.5) is 0 Å². The Labute approximate surface area is 269 Å². The molecule has 0 spiro atoms. The molecule has 6 rings (SSSR count). The van der Waals surface area contributed by atoms with E-state index in [1.165, 1.54) is 0 Å². The minimum atomic E-state index is -0.849. The van der Waals surface area contributed by atoms with E-state index in [1.54, 1.807) is 0 Å². The van der Waals surface area contributed by atoms with Crippen molar-refractivity contribution in [3.05, 3.63) is 46.0 Å². The van der Waals surface area contributed by atoms with Crippen LogP contribution in [0.5, 0.6) is 0 Å². The molecular formula is C37H54ClN3O3. The molecule has 0 bridgehead atoms. The zero-order chi connectivity index (χ0) is 32.1. The highest BCUT2D eigenvalue weighted by molar-refractivity contribution is 6.30. The van der Waals surface area contributed by atoms with E-state index in [-0.39, 0.29) is 58.7 Å². The number of carbonyl (C=O) groups is 2. The molecule has 4 saturated carbocycles. The van der Waals surface area contributed by atoms with Crippen LogP contribution in [0.2, 0.25) is 5.02 Å². The number of fused-ring (bicyclic) bond motifs is 7. The van der Waals surface area contributed by atoms with E-state index in [9.17, 15) is 14.7 Å². The first-order chi connectivity index (χ1) is 20.5. The van der Waals surface area contributed by atoms with Crippen LogP contribution >= 0.6 is 11.6 Å². The number of Topliss-reactive ketones (excluding diaryl/α,β-unsaturated/α-hetero) is 2. The van der Waals surface area contributed by atoms with Gasteiger partial charge in [0, 0.05) is 29.1 Å². The SMILES string of the molecule is CC(C)C1=C2C(C(=O)CNCc3ccc(Cl)cc3)(CCC3C4(C)CC[C@H]5C(C)(C)C(O)CCC5(C)[C@@]4(N)CC[C@]23N)CC1=O. The van der Waals surface area contributed by atoms with Crippen molar-refractivity contribution in [2.24, 2.45) is 50.9 Å². The van der Waals surface area contributed by atoms with E-state index in [0.717, 1.165) is 55.2 Å². The summed E-state index contributed by atoms with van der Waals surface area (Å²) in [6, 6.07) is 7.64. The first kappa shape index (κ1) is 32.4. The molecule has 0 aromatic heterocycles. The van der Waals surface area contributed by atoms with Crippen LogP contribution in [0, 0.1) is 39.4 Å². The number of nitrogens with one attached hydrogen (secondary N) is 1. The van der Waals surface area contributed by atoms with Gasteiger partial charge >= 0.3 is 0 Å². The number of benzene rings is 1. The second-order valence-electron chi connectivity index (χ2n) is 16.7. The van der Waals surface area contributed by atoms with E-state index < -0.39 is 16.5 Å². The molecule has 0 aliphatic heterocycles. The second-order valence-corrected chi connectivity index (χ2v) is 17.1. The third kappa shape index (κ3) is 4.19. The Hall–Kier alpha value is -1.57. The fourth-order valence-corrected chi connectivity index (χ4v) is 12.0. The lowest BCUT2D eigenvalue weighted by atomic mass is 9.32. The number of rotatable bonds is 6. The Bertz CT molecular complexity index is 1390. The number of allylic oxidation sites excluding steroid dienone is 1. The average molecular weight is 624 g/mol. The van der Waals surface area contributed by atoms with Crippen molar-refractivity contribution in [2.75, 3.05) is 6.54 Å². The third-order valence-electron chi connectivity index (χ3n) is 14.3. The number of halogens is 1. The first-order valence-corrected chi connectivity index (χ1v) is 17.4. The number of ketones is 2. The number of hydrogen-bond acceptors (Lipinski definition) is 6. The van der Waals surface area contributed by atoms with Crippen LogP contribution in [-0.4, -0.2) is 40.4 Å². The number of carbonyl (C=O) groups excluding carboxylic acids is 2. The molecule has 0 heterocycles. The van der Waals surface area contributed by atoms with Gasteiger partial charge in [0.25, 0.3) is 0 Å². The highest BCUT2D eigenvalue weighted by atomic mass is 35.5. The average Bonchev–Trinajstić information content (AvgIpc) is 3.28. The van der Waals surface area contributed by atoms with Crippen LogP contribution < -0.4 is 16.8 Å². The molecule has 0 saturated heterocycles. The van der Waals surface area contributed by atoms with Crippen LogP contribution in [0.15, 0.2) is 35.4 Å². The molecule has 0 amide bonds. The van der Waals surface area contributed by atoms with Crippen molar-refractivity contribution < 1.29 is 14.7 Å². The molecule has 6 nitrogen and oxygen atoms in total. The summed E-state index contributed by atoms with van der Waals surface area (Å²) in [4.78, 5) is 28.2. The van der Waals surface area contributed by atoms with E-state index in [2.05, 4.69) is 46.9 Å². The predicted molar refractivity (Wildman–Crippen MR) is 176 cm³/mol. The Morgan fingerprint density at radius 2 is 1.57 bits per heavy atom. The summed E-state index contributed by atoms with van der Waals surface area (Å²) < 4.78 is 0. The quantitative estimate of drug-likeness (QED) is 0.304. The van der Waals surface area contributed by atoms with Gasteiger partial charge in [0.15, 0.2) is 11.6 Å². The van der Waals surface area contributed by atoms with Gasteiger partial charge in [-0.25, -0.2) is 0 Å². The highest BCUT2D eigenvalue weighted by Gasteiger charge is 2.74. The summed E-state index contributed by atoms with van der Waals surface area (Å²) in [5, 5.41) is 15.1. The lowest BCUT2D eigenvalue weighted by Crippen LogP contribution is -2.80. The maximum Gasteiger partial charge on any atom is 0.160 e. The Morgan fingerprint density at radius 1 is 0.955 bits per heavy atom. The van der Waals surface area contributed by atoms with Gasteiger partial charge in [-0.15, -0.1) is 0 Å². The van der Waals surface area contributed by atoms with Gasteiger partial charge in [0.1, 0.15) is 0 Å². The predicted octanol–water partition coefficient (Wildman–Crippen LogP) is 6.11. The summed E-state index contributed by atoms with van der Waals surface area (Å²) in [5.41, 5.74) is 15.7. The van der Waals surface area contributed by atoms with Crippen LogP contribution in [0.25, 0.3) is 0 Å². The molecule has 5 aliphatic carbocycles. The Balaban J connectivity index is 1.36. The van der Waals surface area contributed by atoms with Gasteiger partial charge in [-0.2, -0.15) is 0 Å². The number of nitrogens with two attached hydrogens (primary N) is 2. The molecule has 4 fully saturated rings. The van der Waals surface area contributed by atoms with Crippen LogP contribution in [0.3, 0.4) is 0 Å². The van der Waals surface area contributed by atoms with Crippen molar-refractivity contribution in [1.82, 2.24) is 5.32 Å². The molecular weight excluding hydrogens is 570 g/mol. The highest BCUT2D eigenvalue weighted by Crippen LogP contribution is 2.74. The summed E-state index contributed by atoms with van der Waals surface area (Å²) in [5.74, 6) is 0.595. The molecule has 7 heteroatoms. The molecule has 0 radical (unpaired) electrons. The normalized spacial score (nSPS) is 42.9. The van der Waals surface area contributed by atoms with E-state index in [1.807, 2.05) is 24.3 Å². The second kappa shape index (κ2) is 10.5. The van der Waals surface area contributed by atoms with Gasteiger partial charge in [-0.3, -0.25) is 9.59 Å². The zero-order valence-electron chi connectivity index (χ0n) is 27.7. The Morgan fingerprint density at radius 3 is 2.23 bits per heavy atom. The van der Waals surface area contributed by atoms with Crippen molar-refractivity contribution in [1.29, 1.82) is 0 Å². The monoisotopic (exact) mass is 623 g/mol. The molecule has 1 aromatic rings. The molecule has 5 unspecified atom stereocenters. The fraction of sp³-hybridized carbons (Fsp3) is 0.730. The third-order valence-corrected chi connectivity index (χ3v) is 14.5. The minimum Gasteiger partial charge on any atom is -0.393 e. The lowest BCUT2D eigenvalue weighted by molar-refractivity contribution is -0.217. The van der Waals surface area contributed by atoms with E-state index in [4.69, 9.17) is 23.1 Å². The standard InChI is InChI=1S/C37H54ClN3O3/c1-22(2)30-25(42)19-35(29(44)21-41-20-23-7-9-24(38)10-8-23)16-12-27-34(6)14-11-26-32(3,4)28(43)13-15-33(26,5)37(34,40)18-17-36(27,39)31(30)35/h7-10,22,26-28,41,43H,11-21,39-40H2,1-6H3/t26-,27?,28?,33?,34?,35?,36+,37-/m0/s1.